The molecule has 1 aliphatic heterocycles. The van der Waals surface area contributed by atoms with E-state index in [1.165, 1.54) is 0 Å². The molecule has 0 bridgehead atoms. The number of carboxylic acid groups (broad SMARTS) is 1. The molecule has 0 amide bonds. The molecule has 1 aromatic carbocycles. The molecule has 1 aromatic heterocycles. The van der Waals surface area contributed by atoms with Crippen LogP contribution >= 0.6 is 0 Å². The number of aliphatic carboxylic acids is 1. The van der Waals surface area contributed by atoms with Crippen LogP contribution in [0.5, 0.6) is 5.75 Å². The molecule has 0 fully saturated rings. The predicted octanol–water partition coefficient (Wildman–Crippen LogP) is 1.83. The second-order valence-electron chi connectivity index (χ2n) is 5.38. The Labute approximate surface area is 137 Å². The fraction of sp³-hybridized carbons (Fsp3) is 0.167. The summed E-state index contributed by atoms with van der Waals surface area (Å²) in [4.78, 5) is 35.3. The number of hydrogen-bond donors (Lipinski definition) is 1. The van der Waals surface area contributed by atoms with Gasteiger partial charge in [0.2, 0.25) is 11.6 Å². The number of rotatable bonds is 5. The van der Waals surface area contributed by atoms with Gasteiger partial charge in [0, 0.05) is 17.8 Å². The Morgan fingerprint density at radius 1 is 1.17 bits per heavy atom. The first-order valence-corrected chi connectivity index (χ1v) is 7.26. The molecule has 0 aliphatic carbocycles. The topological polar surface area (TPSA) is 85.6 Å². The van der Waals surface area contributed by atoms with Crippen LogP contribution in [0.4, 0.5) is 0 Å². The lowest BCUT2D eigenvalue weighted by atomic mass is 9.99. The van der Waals surface area contributed by atoms with Gasteiger partial charge in [0.15, 0.2) is 0 Å². The predicted molar refractivity (Wildman–Crippen MR) is 83.8 cm³/mol. The van der Waals surface area contributed by atoms with Crippen LogP contribution in [0.3, 0.4) is 0 Å². The summed E-state index contributed by atoms with van der Waals surface area (Å²) in [6.07, 6.45) is 7.48. The highest BCUT2D eigenvalue weighted by Gasteiger charge is 2.34. The molecule has 0 spiro atoms. The van der Waals surface area contributed by atoms with Crippen molar-refractivity contribution in [1.29, 1.82) is 0 Å². The Kier molecular flexibility index (Phi) is 3.92. The van der Waals surface area contributed by atoms with Gasteiger partial charge in [0.1, 0.15) is 11.9 Å². The number of Topliss-reactive ketones (excluding diaryl/α,β-unsaturated/α-hetero) is 1. The summed E-state index contributed by atoms with van der Waals surface area (Å²) >= 11 is 0. The summed E-state index contributed by atoms with van der Waals surface area (Å²) in [5, 5.41) is 8.88. The van der Waals surface area contributed by atoms with E-state index in [1.807, 2.05) is 6.11 Å². The van der Waals surface area contributed by atoms with Crippen molar-refractivity contribution in [3.8, 4) is 18.3 Å². The van der Waals surface area contributed by atoms with E-state index in [0.29, 0.717) is 35.7 Å². The number of aromatic nitrogens is 1. The number of carbonyl (C=O) groups excluding carboxylic acids is 2. The average molecular weight is 323 g/mol. The molecule has 1 aliphatic rings. The van der Waals surface area contributed by atoms with Gasteiger partial charge >= 0.3 is 5.97 Å². The van der Waals surface area contributed by atoms with E-state index in [1.54, 1.807) is 41.0 Å². The lowest BCUT2D eigenvalue weighted by Gasteiger charge is -2.06. The van der Waals surface area contributed by atoms with Crippen LogP contribution in [0.25, 0.3) is 0 Å². The Balaban J connectivity index is 1.88. The molecule has 0 radical (unpaired) electrons. The van der Waals surface area contributed by atoms with E-state index in [2.05, 4.69) is 0 Å². The number of ether oxygens (including phenoxy) is 1. The summed E-state index contributed by atoms with van der Waals surface area (Å²) in [5.41, 5.74) is 1.45. The first-order chi connectivity index (χ1) is 11.5. The van der Waals surface area contributed by atoms with Crippen molar-refractivity contribution >= 4 is 17.5 Å². The first kappa shape index (κ1) is 15.6. The van der Waals surface area contributed by atoms with Crippen molar-refractivity contribution in [3.05, 3.63) is 53.3 Å². The molecule has 1 atom stereocenters. The molecule has 120 valence electrons. The highest BCUT2D eigenvalue weighted by Crippen LogP contribution is 2.32. The van der Waals surface area contributed by atoms with Gasteiger partial charge in [0.05, 0.1) is 11.6 Å². The molecular weight excluding hydrogens is 310 g/mol. The number of nitrogens with zero attached hydrogens (tertiary/aromatic N) is 1. The maximum absolute atomic E-state index is 12.6. The van der Waals surface area contributed by atoms with E-state index >= 15 is 0 Å². The second-order valence-corrected chi connectivity index (χ2v) is 5.38. The van der Waals surface area contributed by atoms with Gasteiger partial charge in [-0.3, -0.25) is 9.59 Å². The zero-order chi connectivity index (χ0) is 17.3. The Morgan fingerprint density at radius 2 is 1.88 bits per heavy atom. The highest BCUT2D eigenvalue weighted by atomic mass is 16.5. The summed E-state index contributed by atoms with van der Waals surface area (Å²) in [6, 6.07) is 9.65. The second kappa shape index (κ2) is 6.05. The normalized spacial score (nSPS) is 15.4. The van der Waals surface area contributed by atoms with Gasteiger partial charge in [-0.2, -0.15) is 0 Å². The summed E-state index contributed by atoms with van der Waals surface area (Å²) < 4.78 is 6.59. The molecule has 0 saturated carbocycles. The number of carbonyl (C=O) groups is 3. The fourth-order valence-electron chi connectivity index (χ4n) is 2.95. The van der Waals surface area contributed by atoms with Gasteiger partial charge in [-0.05, 0) is 42.8 Å². The van der Waals surface area contributed by atoms with E-state index in [0.717, 1.165) is 0 Å². The maximum Gasteiger partial charge on any atom is 0.372 e. The van der Waals surface area contributed by atoms with Crippen molar-refractivity contribution in [2.45, 2.75) is 18.9 Å². The lowest BCUT2D eigenvalue weighted by molar-refractivity contribution is -0.149. The van der Waals surface area contributed by atoms with Crippen LogP contribution in [-0.2, 0) is 16.1 Å². The summed E-state index contributed by atoms with van der Waals surface area (Å²) in [7, 11) is 0. The van der Waals surface area contributed by atoms with Gasteiger partial charge in [0.25, 0.3) is 0 Å². The van der Waals surface area contributed by atoms with Crippen LogP contribution < -0.4 is 4.74 Å². The van der Waals surface area contributed by atoms with E-state index in [-0.39, 0.29) is 5.78 Å². The summed E-state index contributed by atoms with van der Waals surface area (Å²) in [5.74, 6) is -2.75. The first-order valence-electron chi connectivity index (χ1n) is 7.26. The van der Waals surface area contributed by atoms with Crippen molar-refractivity contribution in [2.75, 3.05) is 0 Å². The molecule has 2 aromatic rings. The van der Waals surface area contributed by atoms with Gasteiger partial charge in [-0.15, -0.1) is 0 Å². The smallest absolute Gasteiger partial charge is 0.372 e. The molecule has 1 unspecified atom stereocenters. The third-order valence-corrected chi connectivity index (χ3v) is 4.07. The fourth-order valence-corrected chi connectivity index (χ4v) is 2.95. The molecule has 0 saturated heterocycles. The number of ketones is 2. The Bertz CT molecular complexity index is 870. The third kappa shape index (κ3) is 2.57. The van der Waals surface area contributed by atoms with E-state index < -0.39 is 17.7 Å². The van der Waals surface area contributed by atoms with Crippen LogP contribution in [0, 0.1) is 12.5 Å². The maximum atomic E-state index is 12.6. The van der Waals surface area contributed by atoms with Crippen LogP contribution in [0.15, 0.2) is 36.4 Å². The van der Waals surface area contributed by atoms with Crippen molar-refractivity contribution < 1.29 is 24.2 Å². The number of hydrogen-bond acceptors (Lipinski definition) is 4. The Morgan fingerprint density at radius 3 is 2.50 bits per heavy atom. The highest BCUT2D eigenvalue weighted by molar-refractivity contribution is 6.35. The monoisotopic (exact) mass is 323 g/mol. The molecule has 3 rings (SSSR count). The number of fused-ring (bicyclic) bond motifs is 1. The van der Waals surface area contributed by atoms with Crippen LogP contribution in [-0.4, -0.2) is 27.2 Å². The minimum Gasteiger partial charge on any atom is -0.475 e. The van der Waals surface area contributed by atoms with Gasteiger partial charge in [-0.1, -0.05) is 6.42 Å². The molecule has 6 heteroatoms. The molecule has 1 N–H and O–H groups in total. The standard InChI is InChI=1S/C18H13NO5/c1-2-24-12-5-3-11(4-6-12)16(20)15-8-7-14-13(9-10-19(14)15)17(21)18(22)23/h1,3-8,13H,9-10H2,(H,22,23). The zero-order valence-electron chi connectivity index (χ0n) is 12.6. The molecule has 6 nitrogen and oxygen atoms in total. The van der Waals surface area contributed by atoms with Crippen molar-refractivity contribution in [1.82, 2.24) is 4.57 Å². The Hall–Kier alpha value is -3.33. The van der Waals surface area contributed by atoms with E-state index in [4.69, 9.17) is 16.3 Å². The summed E-state index contributed by atoms with van der Waals surface area (Å²) in [6.45, 7) is 0.436. The van der Waals surface area contributed by atoms with E-state index in [9.17, 15) is 14.4 Å². The number of terminal acetylenes is 1. The molecule has 2 heterocycles. The molecular formula is C18H13NO5. The van der Waals surface area contributed by atoms with Crippen LogP contribution in [0.2, 0.25) is 0 Å². The largest absolute Gasteiger partial charge is 0.475 e. The minimum absolute atomic E-state index is 0.211. The van der Waals surface area contributed by atoms with Crippen molar-refractivity contribution in [2.24, 2.45) is 0 Å². The number of carboxylic acids is 1. The molecule has 24 heavy (non-hydrogen) atoms. The zero-order valence-corrected chi connectivity index (χ0v) is 12.6. The SMILES string of the molecule is C#COc1ccc(C(=O)c2ccc3n2CCC3C(=O)C(=O)O)cc1. The lowest BCUT2D eigenvalue weighted by Crippen LogP contribution is -2.19. The van der Waals surface area contributed by atoms with Gasteiger partial charge in [-0.25, -0.2) is 4.79 Å². The minimum atomic E-state index is -1.45. The van der Waals surface area contributed by atoms with Gasteiger partial charge < -0.3 is 14.4 Å². The average Bonchev–Trinajstić information content (AvgIpc) is 3.16. The third-order valence-electron chi connectivity index (χ3n) is 4.07. The number of benzene rings is 1. The quantitative estimate of drug-likeness (QED) is 0.515. The van der Waals surface area contributed by atoms with Crippen molar-refractivity contribution in [3.63, 3.8) is 0 Å². The van der Waals surface area contributed by atoms with Crippen LogP contribution in [0.1, 0.15) is 34.1 Å².